The summed E-state index contributed by atoms with van der Waals surface area (Å²) < 4.78 is 86.6. The lowest BCUT2D eigenvalue weighted by molar-refractivity contribution is -0.380. The predicted molar refractivity (Wildman–Crippen MR) is 327 cm³/mol. The molecule has 2 amide bonds. The summed E-state index contributed by atoms with van der Waals surface area (Å²) in [5, 5.41) is 247. The van der Waals surface area contributed by atoms with E-state index < -0.39 is 333 Å². The number of hydrogen-bond donors (Lipinski definition) is 28. The third-order valence-corrected chi connectivity index (χ3v) is 19.6. The molecule has 0 aliphatic carbocycles. The van der Waals surface area contributed by atoms with Gasteiger partial charge in [-0.05, 0) is 13.8 Å². The summed E-state index contributed by atoms with van der Waals surface area (Å²) >= 11 is 0. The van der Waals surface area contributed by atoms with Crippen molar-refractivity contribution >= 4 is 23.8 Å². The number of carbonyl (C=O) groups excluding carboxylic acids is 2. The largest absolute Gasteiger partial charge is 0.477 e. The Bertz CT molecular complexity index is 2820. The summed E-state index contributed by atoms with van der Waals surface area (Å²) in [7, 11) is 0. The smallest absolute Gasteiger partial charge is 0.364 e. The molecule has 0 unspecified atom stereocenters. The first-order valence-electron chi connectivity index (χ1n) is 33.4. The van der Waals surface area contributed by atoms with Gasteiger partial charge in [0.2, 0.25) is 11.8 Å². The Kier molecular flexibility index (Phi) is 30.0. The lowest BCUT2D eigenvalue weighted by Crippen LogP contribution is -2.70. The van der Waals surface area contributed by atoms with Gasteiger partial charge in [0.05, 0.1) is 100 Å². The van der Waals surface area contributed by atoms with E-state index in [0.29, 0.717) is 0 Å². The lowest BCUT2D eigenvalue weighted by Gasteiger charge is -2.50. The fourth-order valence-electron chi connectivity index (χ4n) is 13.3. The number of carboxylic acid groups (broad SMARTS) is 2. The molecular formula is C58H100N6O41. The van der Waals surface area contributed by atoms with Gasteiger partial charge in [0.1, 0.15) is 146 Å². The van der Waals surface area contributed by atoms with Gasteiger partial charge < -0.3 is 217 Å². The fraction of sp³-hybridized carbons (Fsp3) is 0.931. The van der Waals surface area contributed by atoms with Gasteiger partial charge in [0.15, 0.2) is 37.7 Å². The Hall–Kier alpha value is -3.68. The van der Waals surface area contributed by atoms with Crippen molar-refractivity contribution in [1.82, 2.24) is 10.6 Å². The summed E-state index contributed by atoms with van der Waals surface area (Å²) in [6.45, 7) is -2.03. The van der Waals surface area contributed by atoms with Crippen LogP contribution in [0.2, 0.25) is 0 Å². The minimum absolute atomic E-state index is 0.842. The molecule has 0 aromatic carbocycles. The number of carbonyl (C=O) groups is 4. The van der Waals surface area contributed by atoms with Crippen molar-refractivity contribution in [3.63, 3.8) is 0 Å². The minimum atomic E-state index is -2.82. The number of rotatable bonds is 28. The van der Waals surface area contributed by atoms with E-state index in [4.69, 9.17) is 94.0 Å². The van der Waals surface area contributed by atoms with Gasteiger partial charge in [-0.25, -0.2) is 9.59 Å². The molecule has 0 aromatic heterocycles. The number of aliphatic hydroxyl groups excluding tert-OH is 20. The van der Waals surface area contributed by atoms with Crippen LogP contribution in [0, 0.1) is 0 Å². The molecule has 32 N–H and O–H groups in total. The molecule has 8 rings (SSSR count). The molecule has 608 valence electrons. The Labute approximate surface area is 595 Å². The molecule has 47 heteroatoms. The molecule has 8 aliphatic heterocycles. The number of aliphatic hydroxyl groups is 20. The third-order valence-electron chi connectivity index (χ3n) is 19.6. The standard InChI is InChI=1S/C58H100N6O41/c1-13(67)25(59)44-27(61)17(71)5-57(104-44,55(87)88)93-11-23-32(74)37(79)40(82)51(97-23)91-9-21-31(73)39(81)42(84)53(99-21)102-47-30(64-16(4)70)50(96-20(8-66)35(47)77)103-48-36(78)22(100-54(43(48)85)101-46-29(63-15(3)69)49(86)95-19(7-65)34(46)76)10-92-52-41(83)38(80)33(75)24(98-52)12-94-58(56(89)90)6-18(72)28(62)45(105-58)26(60)14(2)68/h13-14,17-54,65-68,71-86H,5-12,59-62H2,1-4H3,(H,63,69)(H,64,70)(H,87,88)(H,89,90)/t13-,14-,17-,18-,19+,20+,21+,22+,23+,24+,25-,26-,27-,28-,29+,30+,31-,32+,33+,34-,35-,36-,37-,38-,39-,40+,41+,42+,43+,44-,45-,46+,47+,48-,49+,50-,51+,52+,53-,54-,57-,58+/m0/s1. The Balaban J connectivity index is 1.03. The first-order valence-corrected chi connectivity index (χ1v) is 33.4. The van der Waals surface area contributed by atoms with Crippen LogP contribution < -0.4 is 33.6 Å². The van der Waals surface area contributed by atoms with Gasteiger partial charge in [0, 0.05) is 26.7 Å². The second-order valence-corrected chi connectivity index (χ2v) is 27.2. The molecule has 8 fully saturated rings. The van der Waals surface area contributed by atoms with E-state index in [1.807, 2.05) is 0 Å². The van der Waals surface area contributed by atoms with E-state index in [9.17, 15) is 132 Å². The highest BCUT2D eigenvalue weighted by atomic mass is 16.8. The average Bonchev–Trinajstić information content (AvgIpc) is 0.780. The lowest BCUT2D eigenvalue weighted by atomic mass is 9.88. The van der Waals surface area contributed by atoms with Crippen molar-refractivity contribution < 1.29 is 203 Å². The maximum atomic E-state index is 13.2. The molecule has 8 heterocycles. The summed E-state index contributed by atoms with van der Waals surface area (Å²) in [6.07, 6.45) is -70.5. The van der Waals surface area contributed by atoms with Crippen molar-refractivity contribution in [2.45, 2.75) is 297 Å². The highest BCUT2D eigenvalue weighted by Gasteiger charge is 2.61. The van der Waals surface area contributed by atoms with Gasteiger partial charge in [0.25, 0.3) is 11.6 Å². The number of carboxylic acids is 2. The van der Waals surface area contributed by atoms with E-state index in [2.05, 4.69) is 10.6 Å². The van der Waals surface area contributed by atoms with Crippen molar-refractivity contribution in [3.05, 3.63) is 0 Å². The normalized spacial score (nSPS) is 48.3. The first kappa shape index (κ1) is 86.9. The molecule has 0 saturated carbocycles. The van der Waals surface area contributed by atoms with Crippen LogP contribution in [0.3, 0.4) is 0 Å². The minimum Gasteiger partial charge on any atom is -0.477 e. The molecule has 0 aromatic rings. The Morgan fingerprint density at radius 1 is 0.429 bits per heavy atom. The average molecular weight is 1540 g/mol. The molecular weight excluding hydrogens is 1440 g/mol. The summed E-state index contributed by atoms with van der Waals surface area (Å²) in [4.78, 5) is 51.2. The van der Waals surface area contributed by atoms with Crippen molar-refractivity contribution in [1.29, 1.82) is 0 Å². The molecule has 0 radical (unpaired) electrons. The zero-order chi connectivity index (χ0) is 78.1. The molecule has 42 atom stereocenters. The first-order chi connectivity index (χ1) is 49.1. The van der Waals surface area contributed by atoms with Crippen LogP contribution in [-0.4, -0.2) is 432 Å². The van der Waals surface area contributed by atoms with Gasteiger partial charge in [-0.1, -0.05) is 0 Å². The maximum absolute atomic E-state index is 13.2. The highest BCUT2D eigenvalue weighted by Crippen LogP contribution is 2.39. The van der Waals surface area contributed by atoms with E-state index in [1.54, 1.807) is 0 Å². The molecule has 105 heavy (non-hydrogen) atoms. The second kappa shape index (κ2) is 36.2. The number of aliphatic carboxylic acids is 2. The van der Waals surface area contributed by atoms with Gasteiger partial charge in [-0.3, -0.25) is 9.59 Å². The second-order valence-electron chi connectivity index (χ2n) is 27.2. The number of hydrogen-bond acceptors (Lipinski definition) is 43. The zero-order valence-electron chi connectivity index (χ0n) is 56.7. The monoisotopic (exact) mass is 1540 g/mol. The van der Waals surface area contributed by atoms with Gasteiger partial charge in [-0.15, -0.1) is 0 Å². The molecule has 8 saturated heterocycles. The fourth-order valence-corrected chi connectivity index (χ4v) is 13.3. The van der Waals surface area contributed by atoms with E-state index in [1.165, 1.54) is 13.8 Å². The van der Waals surface area contributed by atoms with Crippen LogP contribution in [0.4, 0.5) is 0 Å². The zero-order valence-corrected chi connectivity index (χ0v) is 56.7. The summed E-state index contributed by atoms with van der Waals surface area (Å²) in [6, 6.07) is -9.24. The molecule has 0 spiro atoms. The van der Waals surface area contributed by atoms with E-state index in [0.717, 1.165) is 13.8 Å². The maximum Gasteiger partial charge on any atom is 0.364 e. The number of amides is 2. The Morgan fingerprint density at radius 3 is 1.14 bits per heavy atom. The topological polar surface area (TPSA) is 780 Å². The quantitative estimate of drug-likeness (QED) is 0.0346. The van der Waals surface area contributed by atoms with Crippen molar-refractivity contribution in [2.75, 3.05) is 39.6 Å². The van der Waals surface area contributed by atoms with Crippen LogP contribution in [0.1, 0.15) is 40.5 Å². The van der Waals surface area contributed by atoms with Crippen LogP contribution >= 0.6 is 0 Å². The van der Waals surface area contributed by atoms with E-state index in [-0.39, 0.29) is 0 Å². The predicted octanol–water partition coefficient (Wildman–Crippen LogP) is -17.8. The number of nitrogens with one attached hydrogen (secondary N) is 2. The number of nitrogens with two attached hydrogens (primary N) is 4. The summed E-state index contributed by atoms with van der Waals surface area (Å²) in [5.74, 6) is -11.2. The molecule has 8 aliphatic rings. The van der Waals surface area contributed by atoms with Gasteiger partial charge in [-0.2, -0.15) is 0 Å². The SMILES string of the molecule is CC(=O)N[C@@H]1[C@@H](O[C@@H]2O[C@H](CO[C@@H]3O[C@H](CO[C@]4(C(=O)O)C[C@H](O)[C@H](N)[C@H]([C@@H](N)[C@H](C)O)O4)[C@@H](O)[C@H](O)[C@H]3O)[C@H](O)[C@H](O[C@@H]3O[C@H](CO)[C@H](O)[C@H](O[C@@H]4O[C@H](CO[C@@H]5O[C@H](CO[C@@]6(C(=O)O)C[C@H](O)[C@H](N)[C@H]([C@@H](N)[C@H](C)O)O6)[C@@H](O)[C@H](O)[C@H]5O)[C@H](O)[C@H](O)[C@H]4O)[C@H]3NC(C)=O)[C@H]2O)[C@@H](O)[C@@H](CO)O[C@H]1O. The van der Waals surface area contributed by atoms with E-state index >= 15 is 0 Å². The molecule has 47 nitrogen and oxygen atoms in total. The van der Waals surface area contributed by atoms with Gasteiger partial charge >= 0.3 is 11.9 Å². The Morgan fingerprint density at radius 2 is 0.752 bits per heavy atom. The van der Waals surface area contributed by atoms with Crippen LogP contribution in [-0.2, 0) is 90.2 Å². The van der Waals surface area contributed by atoms with Crippen molar-refractivity contribution in [2.24, 2.45) is 22.9 Å². The van der Waals surface area contributed by atoms with Crippen molar-refractivity contribution in [3.8, 4) is 0 Å². The highest BCUT2D eigenvalue weighted by molar-refractivity contribution is 5.76. The van der Waals surface area contributed by atoms with Crippen LogP contribution in [0.5, 0.6) is 0 Å². The molecule has 0 bridgehead atoms. The third kappa shape index (κ3) is 18.9. The number of ether oxygens (including phenoxy) is 15. The van der Waals surface area contributed by atoms with Crippen LogP contribution in [0.15, 0.2) is 0 Å². The van der Waals surface area contributed by atoms with Crippen LogP contribution in [0.25, 0.3) is 0 Å². The summed E-state index contributed by atoms with van der Waals surface area (Å²) in [5.41, 5.74) is 24.1.